The van der Waals surface area contributed by atoms with E-state index in [2.05, 4.69) is 34.5 Å². The summed E-state index contributed by atoms with van der Waals surface area (Å²) in [5.74, 6) is 1.83. The van der Waals surface area contributed by atoms with Gasteiger partial charge in [0.2, 0.25) is 0 Å². The van der Waals surface area contributed by atoms with E-state index >= 15 is 0 Å². The van der Waals surface area contributed by atoms with Crippen molar-refractivity contribution in [3.8, 4) is 0 Å². The number of aromatic nitrogens is 1. The molecule has 0 amide bonds. The van der Waals surface area contributed by atoms with Gasteiger partial charge in [-0.1, -0.05) is 32.1 Å². The Morgan fingerprint density at radius 3 is 2.74 bits per heavy atom. The highest BCUT2D eigenvalue weighted by Gasteiger charge is 2.15. The summed E-state index contributed by atoms with van der Waals surface area (Å²) < 4.78 is 0. The largest absolute Gasteiger partial charge is 0.354 e. The van der Waals surface area contributed by atoms with E-state index in [-0.39, 0.29) is 24.0 Å². The predicted molar refractivity (Wildman–Crippen MR) is 111 cm³/mol. The molecule has 0 bridgehead atoms. The molecule has 1 fully saturated rings. The lowest BCUT2D eigenvalue weighted by Gasteiger charge is -2.24. The maximum Gasteiger partial charge on any atom is 0.191 e. The molecule has 1 atom stereocenters. The van der Waals surface area contributed by atoms with E-state index in [9.17, 15) is 0 Å². The van der Waals surface area contributed by atoms with Gasteiger partial charge in [0, 0.05) is 24.2 Å². The molecule has 2 N–H and O–H groups in total. The molecule has 6 heteroatoms. The number of rotatable bonds is 6. The second-order valence-corrected chi connectivity index (χ2v) is 7.74. The second kappa shape index (κ2) is 11.2. The fourth-order valence-electron chi connectivity index (χ4n) is 3.10. The first-order valence-electron chi connectivity index (χ1n) is 8.56. The number of aryl methyl sites for hydroxylation is 1. The molecule has 132 valence electrons. The van der Waals surface area contributed by atoms with Crippen LogP contribution in [-0.2, 0) is 6.54 Å². The van der Waals surface area contributed by atoms with Crippen molar-refractivity contribution in [2.45, 2.75) is 71.4 Å². The molecule has 1 aliphatic carbocycles. The van der Waals surface area contributed by atoms with E-state index in [0.29, 0.717) is 6.04 Å². The number of halogens is 1. The zero-order valence-corrected chi connectivity index (χ0v) is 17.7. The van der Waals surface area contributed by atoms with Gasteiger partial charge in [-0.05, 0) is 32.6 Å². The molecule has 1 heterocycles. The van der Waals surface area contributed by atoms with Crippen LogP contribution in [0.15, 0.2) is 11.2 Å². The average Bonchev–Trinajstić information content (AvgIpc) is 2.96. The van der Waals surface area contributed by atoms with E-state index < -0.39 is 0 Å². The first kappa shape index (κ1) is 20.7. The molecular formula is C17H31IN4S. The lowest BCUT2D eigenvalue weighted by atomic mass is 9.85. The number of hydrogen-bond donors (Lipinski definition) is 2. The van der Waals surface area contributed by atoms with Crippen molar-refractivity contribution in [3.05, 3.63) is 16.1 Å². The maximum absolute atomic E-state index is 4.37. The highest BCUT2D eigenvalue weighted by Crippen LogP contribution is 2.27. The molecule has 1 unspecified atom stereocenters. The molecule has 0 aromatic carbocycles. The number of hydrogen-bond acceptors (Lipinski definition) is 3. The molecule has 2 rings (SSSR count). The second-order valence-electron chi connectivity index (χ2n) is 6.42. The Labute approximate surface area is 162 Å². The molecule has 0 saturated heterocycles. The number of guanidine groups is 1. The van der Waals surface area contributed by atoms with Gasteiger partial charge in [-0.15, -0.1) is 35.3 Å². The minimum absolute atomic E-state index is 0. The summed E-state index contributed by atoms with van der Waals surface area (Å²) in [7, 11) is 1.83. The third-order valence-electron chi connectivity index (χ3n) is 4.42. The van der Waals surface area contributed by atoms with Gasteiger partial charge in [-0.2, -0.15) is 0 Å². The van der Waals surface area contributed by atoms with E-state index in [1.54, 1.807) is 11.3 Å². The number of nitrogens with zero attached hydrogens (tertiary/aromatic N) is 2. The number of nitrogens with one attached hydrogen (secondary N) is 2. The van der Waals surface area contributed by atoms with Crippen LogP contribution in [0, 0.1) is 12.8 Å². The lowest BCUT2D eigenvalue weighted by molar-refractivity contribution is 0.322. The Morgan fingerprint density at radius 2 is 2.13 bits per heavy atom. The summed E-state index contributed by atoms with van der Waals surface area (Å²) in [6, 6.07) is 0.464. The van der Waals surface area contributed by atoms with Crippen LogP contribution in [0.4, 0.5) is 0 Å². The van der Waals surface area contributed by atoms with Crippen molar-refractivity contribution in [3.63, 3.8) is 0 Å². The van der Waals surface area contributed by atoms with Crippen molar-refractivity contribution in [1.29, 1.82) is 0 Å². The molecule has 1 aromatic heterocycles. The van der Waals surface area contributed by atoms with Crippen molar-refractivity contribution in [2.75, 3.05) is 7.05 Å². The Bertz CT molecular complexity index is 469. The molecule has 1 aliphatic rings. The van der Waals surface area contributed by atoms with E-state index in [1.165, 1.54) is 49.8 Å². The van der Waals surface area contributed by atoms with Crippen molar-refractivity contribution in [2.24, 2.45) is 10.9 Å². The average molecular weight is 450 g/mol. The molecule has 1 saturated carbocycles. The monoisotopic (exact) mass is 450 g/mol. The van der Waals surface area contributed by atoms with Gasteiger partial charge in [0.15, 0.2) is 5.96 Å². The highest BCUT2D eigenvalue weighted by molar-refractivity contribution is 14.0. The third kappa shape index (κ3) is 7.83. The van der Waals surface area contributed by atoms with Crippen LogP contribution in [0.3, 0.4) is 0 Å². The van der Waals surface area contributed by atoms with Crippen LogP contribution in [-0.4, -0.2) is 24.0 Å². The van der Waals surface area contributed by atoms with Crippen LogP contribution in [0.25, 0.3) is 0 Å². The van der Waals surface area contributed by atoms with Crippen LogP contribution in [0.1, 0.15) is 61.8 Å². The fraction of sp³-hybridized carbons (Fsp3) is 0.765. The van der Waals surface area contributed by atoms with E-state index in [4.69, 9.17) is 0 Å². The standard InChI is InChI=1S/C17H30N4S.HI/c1-13(9-10-15-7-5-4-6-8-15)21-17(18-3)20-12-16-19-11-14(2)22-16;/h11,13,15H,4-10,12H2,1-3H3,(H2,18,20,21);1H. The molecular weight excluding hydrogens is 419 g/mol. The topological polar surface area (TPSA) is 49.3 Å². The van der Waals surface area contributed by atoms with Gasteiger partial charge >= 0.3 is 0 Å². The third-order valence-corrected chi connectivity index (χ3v) is 5.33. The smallest absolute Gasteiger partial charge is 0.191 e. The fourth-order valence-corrected chi connectivity index (χ4v) is 3.83. The zero-order chi connectivity index (χ0) is 15.8. The van der Waals surface area contributed by atoms with Crippen molar-refractivity contribution < 1.29 is 0 Å². The Morgan fingerprint density at radius 1 is 1.39 bits per heavy atom. The van der Waals surface area contributed by atoms with Crippen LogP contribution in [0.2, 0.25) is 0 Å². The molecule has 0 radical (unpaired) electrons. The van der Waals surface area contributed by atoms with E-state index in [1.807, 2.05) is 13.2 Å². The lowest BCUT2D eigenvalue weighted by Crippen LogP contribution is -2.42. The summed E-state index contributed by atoms with van der Waals surface area (Å²) in [5, 5.41) is 7.96. The van der Waals surface area contributed by atoms with Crippen molar-refractivity contribution >= 4 is 41.3 Å². The van der Waals surface area contributed by atoms with Crippen molar-refractivity contribution in [1.82, 2.24) is 15.6 Å². The first-order valence-corrected chi connectivity index (χ1v) is 9.37. The number of thiazole rings is 1. The minimum Gasteiger partial charge on any atom is -0.354 e. The van der Waals surface area contributed by atoms with Gasteiger partial charge in [0.1, 0.15) is 5.01 Å². The quantitative estimate of drug-likeness (QED) is 0.382. The Balaban J connectivity index is 0.00000264. The van der Waals surface area contributed by atoms with Gasteiger partial charge < -0.3 is 10.6 Å². The molecule has 0 spiro atoms. The molecule has 23 heavy (non-hydrogen) atoms. The Hall–Kier alpha value is -0.370. The SMILES string of the molecule is CN=C(NCc1ncc(C)s1)NC(C)CCC1CCCCC1.I. The normalized spacial score (nSPS) is 17.4. The molecule has 0 aliphatic heterocycles. The van der Waals surface area contributed by atoms with Gasteiger partial charge in [-0.3, -0.25) is 4.99 Å². The maximum atomic E-state index is 4.37. The van der Waals surface area contributed by atoms with Gasteiger partial charge in [0.05, 0.1) is 6.54 Å². The number of aliphatic imine (C=N–C) groups is 1. The summed E-state index contributed by atoms with van der Waals surface area (Å²) >= 11 is 1.73. The zero-order valence-electron chi connectivity index (χ0n) is 14.6. The van der Waals surface area contributed by atoms with E-state index in [0.717, 1.165) is 23.4 Å². The first-order chi connectivity index (χ1) is 10.7. The van der Waals surface area contributed by atoms with Crippen LogP contribution < -0.4 is 10.6 Å². The predicted octanol–water partition coefficient (Wildman–Crippen LogP) is 4.48. The van der Waals surface area contributed by atoms with Crippen LogP contribution in [0.5, 0.6) is 0 Å². The summed E-state index contributed by atoms with van der Waals surface area (Å²) in [6.07, 6.45) is 11.7. The summed E-state index contributed by atoms with van der Waals surface area (Å²) in [4.78, 5) is 9.94. The van der Waals surface area contributed by atoms with Gasteiger partial charge in [-0.25, -0.2) is 4.98 Å². The minimum atomic E-state index is 0. The summed E-state index contributed by atoms with van der Waals surface area (Å²) in [6.45, 7) is 5.08. The Kier molecular flexibility index (Phi) is 10.1. The molecule has 4 nitrogen and oxygen atoms in total. The van der Waals surface area contributed by atoms with Gasteiger partial charge in [0.25, 0.3) is 0 Å². The molecule has 1 aromatic rings. The summed E-state index contributed by atoms with van der Waals surface area (Å²) in [5.41, 5.74) is 0. The highest BCUT2D eigenvalue weighted by atomic mass is 127. The van der Waals surface area contributed by atoms with Crippen LogP contribution >= 0.6 is 35.3 Å².